The highest BCUT2D eigenvalue weighted by Gasteiger charge is 2.11. The number of hydrogen-bond donors (Lipinski definition) is 0. The van der Waals surface area contributed by atoms with Crippen LogP contribution in [0.1, 0.15) is 5.56 Å². The molecule has 0 spiro atoms. The predicted molar refractivity (Wildman–Crippen MR) is 47.6 cm³/mol. The maximum absolute atomic E-state index is 13.4. The van der Waals surface area contributed by atoms with Gasteiger partial charge in [-0.1, -0.05) is 0 Å². The van der Waals surface area contributed by atoms with Crippen LogP contribution in [0.3, 0.4) is 0 Å². The summed E-state index contributed by atoms with van der Waals surface area (Å²) in [4.78, 5) is 0. The van der Waals surface area contributed by atoms with Crippen LogP contribution in [0.2, 0.25) is 0 Å². The Morgan fingerprint density at radius 1 is 1.31 bits per heavy atom. The van der Waals surface area contributed by atoms with E-state index in [1.807, 2.05) is 0 Å². The molecule has 0 radical (unpaired) electrons. The molecule has 3 heteroatoms. The van der Waals surface area contributed by atoms with Gasteiger partial charge in [-0.25, -0.2) is 8.78 Å². The molecule has 2 rings (SSSR count). The SMILES string of the molecule is Cc1cc(F)c2c(ccn2C)c1F. The second-order valence-electron chi connectivity index (χ2n) is 3.18. The number of rotatable bonds is 0. The van der Waals surface area contributed by atoms with E-state index < -0.39 is 0 Å². The molecule has 0 saturated heterocycles. The fraction of sp³-hybridized carbons (Fsp3) is 0.200. The van der Waals surface area contributed by atoms with Gasteiger partial charge in [-0.2, -0.15) is 0 Å². The van der Waals surface area contributed by atoms with Crippen LogP contribution in [-0.4, -0.2) is 4.57 Å². The number of aromatic nitrogens is 1. The molecule has 13 heavy (non-hydrogen) atoms. The van der Waals surface area contributed by atoms with E-state index in [4.69, 9.17) is 0 Å². The van der Waals surface area contributed by atoms with Crippen molar-refractivity contribution in [1.82, 2.24) is 4.57 Å². The van der Waals surface area contributed by atoms with Crippen molar-refractivity contribution < 1.29 is 8.78 Å². The summed E-state index contributed by atoms with van der Waals surface area (Å²) in [6.07, 6.45) is 1.65. The molecule has 0 aliphatic rings. The van der Waals surface area contributed by atoms with Crippen molar-refractivity contribution in [1.29, 1.82) is 0 Å². The zero-order valence-electron chi connectivity index (χ0n) is 7.44. The molecule has 1 nitrogen and oxygen atoms in total. The fourth-order valence-corrected chi connectivity index (χ4v) is 1.54. The van der Waals surface area contributed by atoms with E-state index >= 15 is 0 Å². The highest BCUT2D eigenvalue weighted by molar-refractivity contribution is 5.82. The Labute approximate surface area is 74.6 Å². The van der Waals surface area contributed by atoms with Gasteiger partial charge < -0.3 is 4.57 Å². The Hall–Kier alpha value is -1.38. The molecule has 0 unspecified atom stereocenters. The monoisotopic (exact) mass is 181 g/mol. The number of aryl methyl sites for hydroxylation is 2. The van der Waals surface area contributed by atoms with Gasteiger partial charge >= 0.3 is 0 Å². The van der Waals surface area contributed by atoms with Crippen LogP contribution in [0.4, 0.5) is 8.78 Å². The van der Waals surface area contributed by atoms with Gasteiger partial charge in [0, 0.05) is 18.6 Å². The summed E-state index contributed by atoms with van der Waals surface area (Å²) in [5.74, 6) is -0.710. The number of fused-ring (bicyclic) bond motifs is 1. The van der Waals surface area contributed by atoms with Crippen LogP contribution in [0.15, 0.2) is 18.3 Å². The molecule has 1 heterocycles. The van der Waals surface area contributed by atoms with Crippen LogP contribution in [0.5, 0.6) is 0 Å². The lowest BCUT2D eigenvalue weighted by molar-refractivity contribution is 0.606. The summed E-state index contributed by atoms with van der Waals surface area (Å²) < 4.78 is 28.3. The number of benzene rings is 1. The Kier molecular flexibility index (Phi) is 1.62. The van der Waals surface area contributed by atoms with Crippen molar-refractivity contribution in [3.8, 4) is 0 Å². The van der Waals surface area contributed by atoms with Crippen molar-refractivity contribution in [2.75, 3.05) is 0 Å². The van der Waals surface area contributed by atoms with Crippen molar-refractivity contribution in [2.45, 2.75) is 6.92 Å². The first-order valence-electron chi connectivity index (χ1n) is 4.01. The largest absolute Gasteiger partial charge is 0.348 e. The first-order valence-corrected chi connectivity index (χ1v) is 4.01. The first kappa shape index (κ1) is 8.23. The van der Waals surface area contributed by atoms with Crippen molar-refractivity contribution in [3.05, 3.63) is 35.5 Å². The normalized spacial score (nSPS) is 11.1. The lowest BCUT2D eigenvalue weighted by Crippen LogP contribution is -1.92. The van der Waals surface area contributed by atoms with E-state index in [1.165, 1.54) is 6.07 Å². The van der Waals surface area contributed by atoms with Crippen LogP contribution in [-0.2, 0) is 7.05 Å². The van der Waals surface area contributed by atoms with Crippen molar-refractivity contribution in [2.24, 2.45) is 7.05 Å². The molecular formula is C10H9F2N. The maximum Gasteiger partial charge on any atom is 0.147 e. The minimum absolute atomic E-state index is 0.322. The van der Waals surface area contributed by atoms with Gasteiger partial charge in [0.05, 0.1) is 5.52 Å². The van der Waals surface area contributed by atoms with Crippen LogP contribution in [0.25, 0.3) is 10.9 Å². The Bertz CT molecular complexity index is 471. The van der Waals surface area contributed by atoms with Gasteiger partial charge in [-0.3, -0.25) is 0 Å². The van der Waals surface area contributed by atoms with Crippen molar-refractivity contribution in [3.63, 3.8) is 0 Å². The van der Waals surface area contributed by atoms with Crippen molar-refractivity contribution >= 4 is 10.9 Å². The highest BCUT2D eigenvalue weighted by Crippen LogP contribution is 2.24. The summed E-state index contributed by atoms with van der Waals surface area (Å²) >= 11 is 0. The molecule has 2 aromatic rings. The summed E-state index contributed by atoms with van der Waals surface area (Å²) in [6.45, 7) is 1.56. The Balaban J connectivity index is 2.99. The van der Waals surface area contributed by atoms with Crippen LogP contribution in [0, 0.1) is 18.6 Å². The molecule has 0 aliphatic heterocycles. The molecule has 0 amide bonds. The topological polar surface area (TPSA) is 4.93 Å². The fourth-order valence-electron chi connectivity index (χ4n) is 1.54. The summed E-state index contributed by atoms with van der Waals surface area (Å²) in [5, 5.41) is 0.347. The summed E-state index contributed by atoms with van der Waals surface area (Å²) in [7, 11) is 1.69. The standard InChI is InChI=1S/C10H9F2N/c1-6-5-8(11)10-7(9(6)12)3-4-13(10)2/h3-5H,1-2H3. The van der Waals surface area contributed by atoms with Gasteiger partial charge in [0.2, 0.25) is 0 Å². The third-order valence-corrected chi connectivity index (χ3v) is 2.22. The maximum atomic E-state index is 13.4. The zero-order valence-corrected chi connectivity index (χ0v) is 7.44. The molecule has 0 atom stereocenters. The lowest BCUT2D eigenvalue weighted by Gasteiger charge is -2.01. The molecule has 0 N–H and O–H groups in total. The lowest BCUT2D eigenvalue weighted by atomic mass is 10.1. The van der Waals surface area contributed by atoms with E-state index in [-0.39, 0.29) is 11.6 Å². The second-order valence-corrected chi connectivity index (χ2v) is 3.18. The molecule has 68 valence electrons. The van der Waals surface area contributed by atoms with E-state index in [9.17, 15) is 8.78 Å². The molecule has 1 aromatic heterocycles. The van der Waals surface area contributed by atoms with E-state index in [0.29, 0.717) is 16.5 Å². The molecule has 0 bridgehead atoms. The molecule has 0 saturated carbocycles. The Morgan fingerprint density at radius 3 is 2.69 bits per heavy atom. The zero-order chi connectivity index (χ0) is 9.59. The summed E-state index contributed by atoms with van der Waals surface area (Å²) in [5.41, 5.74) is 0.666. The van der Waals surface area contributed by atoms with Gasteiger partial charge in [0.25, 0.3) is 0 Å². The summed E-state index contributed by atoms with van der Waals surface area (Å²) in [6, 6.07) is 2.80. The second kappa shape index (κ2) is 2.55. The highest BCUT2D eigenvalue weighted by atomic mass is 19.1. The minimum atomic E-state index is -0.374. The molecule has 1 aromatic carbocycles. The molecule has 0 aliphatic carbocycles. The quantitative estimate of drug-likeness (QED) is 0.589. The van der Waals surface area contributed by atoms with Gasteiger partial charge in [-0.15, -0.1) is 0 Å². The van der Waals surface area contributed by atoms with Gasteiger partial charge in [0.1, 0.15) is 11.6 Å². The van der Waals surface area contributed by atoms with Gasteiger partial charge in [0.15, 0.2) is 0 Å². The van der Waals surface area contributed by atoms with E-state index in [2.05, 4.69) is 0 Å². The third-order valence-electron chi connectivity index (χ3n) is 2.22. The van der Waals surface area contributed by atoms with Crippen LogP contribution < -0.4 is 0 Å². The minimum Gasteiger partial charge on any atom is -0.348 e. The third kappa shape index (κ3) is 1.03. The number of hydrogen-bond acceptors (Lipinski definition) is 0. The average Bonchev–Trinajstić information content (AvgIpc) is 2.44. The number of halogens is 2. The van der Waals surface area contributed by atoms with Gasteiger partial charge in [-0.05, 0) is 24.6 Å². The van der Waals surface area contributed by atoms with E-state index in [1.54, 1.807) is 30.8 Å². The van der Waals surface area contributed by atoms with E-state index in [0.717, 1.165) is 0 Å². The molecule has 0 fully saturated rings. The smallest absolute Gasteiger partial charge is 0.147 e. The number of nitrogens with zero attached hydrogens (tertiary/aromatic N) is 1. The average molecular weight is 181 g/mol. The predicted octanol–water partition coefficient (Wildman–Crippen LogP) is 2.76. The van der Waals surface area contributed by atoms with Crippen LogP contribution >= 0.6 is 0 Å². The molecular weight excluding hydrogens is 172 g/mol. The Morgan fingerprint density at radius 2 is 2.00 bits per heavy atom. The first-order chi connectivity index (χ1) is 6.11.